The maximum absolute atomic E-state index is 4.51. The molecule has 1 aromatic carbocycles. The van der Waals surface area contributed by atoms with Crippen LogP contribution in [0.25, 0.3) is 11.3 Å². The summed E-state index contributed by atoms with van der Waals surface area (Å²) in [4.78, 5) is 9.02. The number of nitrogens with one attached hydrogen (secondary N) is 1. The van der Waals surface area contributed by atoms with E-state index in [1.807, 2.05) is 12.4 Å². The number of nitrogens with zero attached hydrogens (tertiary/aromatic N) is 2. The Kier molecular flexibility index (Phi) is 6.02. The minimum atomic E-state index is -0.0324. The number of hydrogen-bond acceptors (Lipinski definition) is 3. The highest BCUT2D eigenvalue weighted by Crippen LogP contribution is 2.31. The average Bonchev–Trinajstić information content (AvgIpc) is 2.62. The lowest BCUT2D eigenvalue weighted by atomic mass is 9.80. The van der Waals surface area contributed by atoms with E-state index in [0.717, 1.165) is 40.6 Å². The zero-order valence-electron chi connectivity index (χ0n) is 17.8. The molecule has 28 heavy (non-hydrogen) atoms. The van der Waals surface area contributed by atoms with Crippen LogP contribution in [-0.2, 0) is 18.4 Å². The number of hydrogen-bond donors (Lipinski definition) is 1. The SMILES string of the molecule is C=C(C)c1cc(CC2CCC2)cc(C(=C)NCc2cnc(C(C)(C)C)nc2)c1. The first-order chi connectivity index (χ1) is 13.2. The minimum Gasteiger partial charge on any atom is -0.381 e. The fourth-order valence-corrected chi connectivity index (χ4v) is 3.40. The summed E-state index contributed by atoms with van der Waals surface area (Å²) in [6.45, 7) is 17.5. The van der Waals surface area contributed by atoms with Crippen LogP contribution in [0.15, 0.2) is 43.8 Å². The van der Waals surface area contributed by atoms with E-state index in [1.165, 1.54) is 30.4 Å². The first-order valence-electron chi connectivity index (χ1n) is 10.3. The quantitative estimate of drug-likeness (QED) is 0.653. The van der Waals surface area contributed by atoms with Crippen molar-refractivity contribution in [2.45, 2.75) is 65.3 Å². The van der Waals surface area contributed by atoms with Crippen molar-refractivity contribution < 1.29 is 0 Å². The molecular formula is C25H33N3. The number of rotatable bonds is 7. The Morgan fingerprint density at radius 1 is 1.04 bits per heavy atom. The Morgan fingerprint density at radius 3 is 2.21 bits per heavy atom. The second-order valence-corrected chi connectivity index (χ2v) is 9.20. The lowest BCUT2D eigenvalue weighted by Crippen LogP contribution is -2.17. The topological polar surface area (TPSA) is 37.8 Å². The molecule has 0 unspecified atom stereocenters. The second kappa shape index (κ2) is 8.30. The van der Waals surface area contributed by atoms with Gasteiger partial charge in [0.15, 0.2) is 0 Å². The molecule has 3 nitrogen and oxygen atoms in total. The van der Waals surface area contributed by atoms with Gasteiger partial charge in [-0.05, 0) is 48.1 Å². The van der Waals surface area contributed by atoms with Gasteiger partial charge in [-0.2, -0.15) is 0 Å². The van der Waals surface area contributed by atoms with E-state index in [0.29, 0.717) is 6.54 Å². The molecule has 3 heteroatoms. The third-order valence-corrected chi connectivity index (χ3v) is 5.47. The highest BCUT2D eigenvalue weighted by atomic mass is 14.9. The number of benzene rings is 1. The first kappa shape index (κ1) is 20.3. The lowest BCUT2D eigenvalue weighted by Gasteiger charge is -2.26. The molecule has 0 atom stereocenters. The Labute approximate surface area is 170 Å². The van der Waals surface area contributed by atoms with Crippen molar-refractivity contribution in [2.24, 2.45) is 5.92 Å². The largest absolute Gasteiger partial charge is 0.381 e. The fourth-order valence-electron chi connectivity index (χ4n) is 3.40. The van der Waals surface area contributed by atoms with E-state index in [1.54, 1.807) is 0 Å². The zero-order chi connectivity index (χ0) is 20.3. The van der Waals surface area contributed by atoms with Gasteiger partial charge in [0.25, 0.3) is 0 Å². The summed E-state index contributed by atoms with van der Waals surface area (Å²) in [5, 5.41) is 3.44. The van der Waals surface area contributed by atoms with Crippen molar-refractivity contribution in [1.82, 2.24) is 15.3 Å². The molecule has 2 aromatic rings. The van der Waals surface area contributed by atoms with E-state index in [2.05, 4.69) is 74.3 Å². The summed E-state index contributed by atoms with van der Waals surface area (Å²) in [5.74, 6) is 1.71. The van der Waals surface area contributed by atoms with Gasteiger partial charge in [-0.1, -0.05) is 64.8 Å². The van der Waals surface area contributed by atoms with E-state index in [9.17, 15) is 0 Å². The molecule has 1 saturated carbocycles. The lowest BCUT2D eigenvalue weighted by molar-refractivity contribution is 0.314. The monoisotopic (exact) mass is 375 g/mol. The van der Waals surface area contributed by atoms with E-state index in [-0.39, 0.29) is 5.41 Å². The van der Waals surface area contributed by atoms with Gasteiger partial charge in [0.1, 0.15) is 5.82 Å². The van der Waals surface area contributed by atoms with Gasteiger partial charge in [-0.3, -0.25) is 0 Å². The molecule has 0 saturated heterocycles. The number of allylic oxidation sites excluding steroid dienone is 1. The smallest absolute Gasteiger partial charge is 0.133 e. The summed E-state index contributed by atoms with van der Waals surface area (Å²) in [7, 11) is 0. The van der Waals surface area contributed by atoms with Crippen molar-refractivity contribution in [2.75, 3.05) is 0 Å². The predicted molar refractivity (Wildman–Crippen MR) is 119 cm³/mol. The predicted octanol–water partition coefficient (Wildman–Crippen LogP) is 5.91. The molecular weight excluding hydrogens is 342 g/mol. The molecule has 0 radical (unpaired) electrons. The van der Waals surface area contributed by atoms with Crippen LogP contribution in [0.4, 0.5) is 0 Å². The summed E-state index contributed by atoms with van der Waals surface area (Å²) in [5.41, 5.74) is 6.78. The van der Waals surface area contributed by atoms with Crippen LogP contribution in [0.5, 0.6) is 0 Å². The Morgan fingerprint density at radius 2 is 1.68 bits per heavy atom. The van der Waals surface area contributed by atoms with Gasteiger partial charge in [0.2, 0.25) is 0 Å². The van der Waals surface area contributed by atoms with Gasteiger partial charge >= 0.3 is 0 Å². The van der Waals surface area contributed by atoms with Crippen LogP contribution in [-0.4, -0.2) is 9.97 Å². The van der Waals surface area contributed by atoms with Crippen molar-refractivity contribution in [3.63, 3.8) is 0 Å². The molecule has 1 N–H and O–H groups in total. The molecule has 0 aliphatic heterocycles. The van der Waals surface area contributed by atoms with Crippen LogP contribution < -0.4 is 5.32 Å². The van der Waals surface area contributed by atoms with Gasteiger partial charge < -0.3 is 5.32 Å². The third kappa shape index (κ3) is 5.09. The van der Waals surface area contributed by atoms with Crippen LogP contribution >= 0.6 is 0 Å². The van der Waals surface area contributed by atoms with Crippen LogP contribution in [0.1, 0.15) is 75.0 Å². The molecule has 148 valence electrons. The van der Waals surface area contributed by atoms with Crippen LogP contribution in [0.2, 0.25) is 0 Å². The maximum Gasteiger partial charge on any atom is 0.133 e. The van der Waals surface area contributed by atoms with Crippen LogP contribution in [0.3, 0.4) is 0 Å². The Hall–Kier alpha value is -2.42. The standard InChI is InChI=1S/C25H33N3/c1-17(2)22-11-20(10-19-8-7-9-19)12-23(13-22)18(3)26-14-21-15-27-24(28-16-21)25(4,5)6/h11-13,15-16,19,26H,1,3,7-10,14H2,2,4-6H3. The Bertz CT molecular complexity index is 852. The molecule has 0 amide bonds. The highest BCUT2D eigenvalue weighted by Gasteiger charge is 2.19. The Balaban J connectivity index is 1.69. The molecule has 1 aliphatic rings. The summed E-state index contributed by atoms with van der Waals surface area (Å²) in [6, 6.07) is 6.75. The average molecular weight is 376 g/mol. The van der Waals surface area contributed by atoms with Crippen molar-refractivity contribution in [1.29, 1.82) is 0 Å². The van der Waals surface area contributed by atoms with Gasteiger partial charge in [0.05, 0.1) is 0 Å². The number of aromatic nitrogens is 2. The van der Waals surface area contributed by atoms with Crippen molar-refractivity contribution in [3.05, 3.63) is 71.8 Å². The normalized spacial score (nSPS) is 14.4. The fraction of sp³-hybridized carbons (Fsp3) is 0.440. The maximum atomic E-state index is 4.51. The summed E-state index contributed by atoms with van der Waals surface area (Å²) < 4.78 is 0. The third-order valence-electron chi connectivity index (χ3n) is 5.47. The molecule has 1 fully saturated rings. The van der Waals surface area contributed by atoms with Gasteiger partial charge in [-0.15, -0.1) is 0 Å². The minimum absolute atomic E-state index is 0.0324. The van der Waals surface area contributed by atoms with Crippen LogP contribution in [0, 0.1) is 5.92 Å². The first-order valence-corrected chi connectivity index (χ1v) is 10.3. The molecule has 1 aromatic heterocycles. The summed E-state index contributed by atoms with van der Waals surface area (Å²) in [6.07, 6.45) is 9.05. The highest BCUT2D eigenvalue weighted by molar-refractivity contribution is 5.70. The van der Waals surface area contributed by atoms with Crippen molar-refractivity contribution in [3.8, 4) is 0 Å². The van der Waals surface area contributed by atoms with Crippen molar-refractivity contribution >= 4 is 11.3 Å². The zero-order valence-corrected chi connectivity index (χ0v) is 17.8. The second-order valence-electron chi connectivity index (χ2n) is 9.20. The van der Waals surface area contributed by atoms with E-state index in [4.69, 9.17) is 0 Å². The van der Waals surface area contributed by atoms with Gasteiger partial charge in [-0.25, -0.2) is 9.97 Å². The van der Waals surface area contributed by atoms with E-state index >= 15 is 0 Å². The molecule has 3 rings (SSSR count). The molecule has 0 spiro atoms. The summed E-state index contributed by atoms with van der Waals surface area (Å²) >= 11 is 0. The molecule has 1 heterocycles. The van der Waals surface area contributed by atoms with Gasteiger partial charge in [0, 0.05) is 35.6 Å². The molecule has 0 bridgehead atoms. The van der Waals surface area contributed by atoms with E-state index < -0.39 is 0 Å². The molecule has 1 aliphatic carbocycles.